The van der Waals surface area contributed by atoms with Gasteiger partial charge in [-0.15, -0.1) is 0 Å². The van der Waals surface area contributed by atoms with Crippen LogP contribution in [-0.2, 0) is 14.3 Å². The summed E-state index contributed by atoms with van der Waals surface area (Å²) in [5.74, 6) is -0.281. The Labute approximate surface area is 313 Å². The first kappa shape index (κ1) is 45.5. The minimum atomic E-state index is -1.60. The first-order chi connectivity index (χ1) is 25.0. The average Bonchev–Trinajstić information content (AvgIpc) is 3.11. The fourth-order valence-electron chi connectivity index (χ4n) is 8.69. The second-order valence-electron chi connectivity index (χ2n) is 16.8. The third kappa shape index (κ3) is 15.7. The molecule has 1 saturated heterocycles. The molecule has 4 aliphatic rings. The first-order valence-electron chi connectivity index (χ1n) is 21.3. The molecule has 0 aromatic heterocycles. The lowest BCUT2D eigenvalue weighted by Gasteiger charge is -2.66. The number of carbonyl (C=O) groups excluding carboxylic acids is 1. The van der Waals surface area contributed by atoms with Crippen LogP contribution in [0.3, 0.4) is 0 Å². The topological polar surface area (TPSA) is 169 Å². The van der Waals surface area contributed by atoms with Crippen molar-refractivity contribution in [1.29, 1.82) is 0 Å². The van der Waals surface area contributed by atoms with E-state index in [1.54, 1.807) is 6.92 Å². The van der Waals surface area contributed by atoms with E-state index >= 15 is 0 Å². The van der Waals surface area contributed by atoms with Crippen molar-refractivity contribution in [2.45, 2.75) is 235 Å². The van der Waals surface area contributed by atoms with Gasteiger partial charge < -0.3 is 45.4 Å². The number of rotatable bonds is 32. The van der Waals surface area contributed by atoms with Gasteiger partial charge in [0.2, 0.25) is 5.91 Å². The molecule has 306 valence electrons. The Balaban J connectivity index is 1.07. The number of ether oxygens (including phenoxy) is 2. The molecule has 1 amide bonds. The largest absolute Gasteiger partial charge is 0.394 e. The molecule has 0 radical (unpaired) electrons. The Morgan fingerprint density at radius 1 is 0.731 bits per heavy atom. The highest BCUT2D eigenvalue weighted by Gasteiger charge is 2.68. The van der Waals surface area contributed by atoms with E-state index in [0.717, 1.165) is 38.5 Å². The van der Waals surface area contributed by atoms with E-state index in [1.807, 2.05) is 0 Å². The van der Waals surface area contributed by atoms with Crippen LogP contribution < -0.4 is 5.32 Å². The van der Waals surface area contributed by atoms with E-state index in [4.69, 9.17) is 9.47 Å². The molecule has 8 atom stereocenters. The normalized spacial score (nSPS) is 30.0. The summed E-state index contributed by atoms with van der Waals surface area (Å²) in [5.41, 5.74) is -0.284. The molecule has 3 saturated carbocycles. The predicted octanol–water partition coefficient (Wildman–Crippen LogP) is 6.28. The monoisotopic (exact) mass is 746 g/mol. The Kier molecular flexibility index (Phi) is 21.5. The lowest BCUT2D eigenvalue weighted by molar-refractivity contribution is -0.303. The molecule has 3 aliphatic carbocycles. The molecule has 2 bridgehead atoms. The van der Waals surface area contributed by atoms with Gasteiger partial charge in [-0.2, -0.15) is 0 Å². The molecule has 4 rings (SSSR count). The zero-order valence-electron chi connectivity index (χ0n) is 32.4. The Bertz CT molecular complexity index is 937. The van der Waals surface area contributed by atoms with Crippen molar-refractivity contribution >= 4 is 5.91 Å². The van der Waals surface area contributed by atoms with Crippen LogP contribution in [0.15, 0.2) is 0 Å². The lowest BCUT2D eigenvalue weighted by Crippen LogP contribution is -2.64. The molecular weight excluding hydrogens is 669 g/mol. The highest BCUT2D eigenvalue weighted by Crippen LogP contribution is 2.71. The van der Waals surface area contributed by atoms with Gasteiger partial charge >= 0.3 is 0 Å². The number of amides is 1. The molecule has 52 heavy (non-hydrogen) atoms. The molecule has 5 unspecified atom stereocenters. The predicted molar refractivity (Wildman–Crippen MR) is 200 cm³/mol. The van der Waals surface area contributed by atoms with Gasteiger partial charge in [0.25, 0.3) is 0 Å². The number of aliphatic hydroxyl groups excluding tert-OH is 6. The summed E-state index contributed by atoms with van der Waals surface area (Å²) in [7, 11) is 0. The molecular formula is C41H76FNO9. The summed E-state index contributed by atoms with van der Waals surface area (Å²) in [6.45, 7) is 0.779. The number of unbranched alkanes of at least 4 members (excludes halogenated alkanes) is 20. The zero-order valence-corrected chi connectivity index (χ0v) is 32.4. The van der Waals surface area contributed by atoms with Crippen LogP contribution in [0.4, 0.5) is 4.39 Å². The maximum absolute atomic E-state index is 13.6. The number of carbonyl (C=O) groups is 1. The minimum Gasteiger partial charge on any atom is -0.394 e. The summed E-state index contributed by atoms with van der Waals surface area (Å²) in [4.78, 5) is 12.7. The standard InChI is InChI=1S/C41H76FNO9/c1-2-32(45)35(47)31(27-51-39-38(50)37(49)36(48)33(26-44)52-39)43-34(46)24-22-20-18-16-14-12-10-8-6-4-3-5-7-9-11-13-15-17-19-21-23-25-40-28-41(42,29-40)30-40/h31-33,35-39,44-45,47-50H,2-30H2,1H3,(H,43,46)/t31-,32+,33?,35-,36?,37?,38?,39?,40?,41?/m0/s1. The number of hydrogen-bond donors (Lipinski definition) is 7. The highest BCUT2D eigenvalue weighted by atomic mass is 19.1. The molecule has 11 heteroatoms. The van der Waals surface area contributed by atoms with Crippen LogP contribution >= 0.6 is 0 Å². The fourth-order valence-corrected chi connectivity index (χ4v) is 8.69. The molecule has 0 spiro atoms. The van der Waals surface area contributed by atoms with Gasteiger partial charge in [-0.25, -0.2) is 4.39 Å². The Morgan fingerprint density at radius 2 is 1.17 bits per heavy atom. The van der Waals surface area contributed by atoms with E-state index in [-0.39, 0.29) is 25.4 Å². The second-order valence-corrected chi connectivity index (χ2v) is 16.8. The van der Waals surface area contributed by atoms with E-state index in [0.29, 0.717) is 11.8 Å². The number of aliphatic hydroxyl groups is 6. The number of alkyl halides is 1. The third-order valence-electron chi connectivity index (χ3n) is 12.0. The summed E-state index contributed by atoms with van der Waals surface area (Å²) in [6, 6.07) is -0.989. The Morgan fingerprint density at radius 3 is 1.60 bits per heavy atom. The van der Waals surface area contributed by atoms with Crippen LogP contribution in [0.2, 0.25) is 0 Å². The highest BCUT2D eigenvalue weighted by molar-refractivity contribution is 5.76. The molecule has 1 aliphatic heterocycles. The average molecular weight is 746 g/mol. The van der Waals surface area contributed by atoms with Gasteiger partial charge in [0, 0.05) is 6.42 Å². The number of hydrogen-bond acceptors (Lipinski definition) is 9. The summed E-state index contributed by atoms with van der Waals surface area (Å²) < 4.78 is 24.5. The summed E-state index contributed by atoms with van der Waals surface area (Å²) >= 11 is 0. The molecule has 7 N–H and O–H groups in total. The van der Waals surface area contributed by atoms with Crippen LogP contribution in [0.5, 0.6) is 0 Å². The summed E-state index contributed by atoms with van der Waals surface area (Å²) in [6.07, 6.45) is 21.4. The second kappa shape index (κ2) is 24.6. The van der Waals surface area contributed by atoms with Crippen LogP contribution in [0.25, 0.3) is 0 Å². The van der Waals surface area contributed by atoms with Gasteiger partial charge in [0.1, 0.15) is 36.2 Å². The molecule has 0 aromatic rings. The van der Waals surface area contributed by atoms with E-state index in [2.05, 4.69) is 5.32 Å². The molecule has 10 nitrogen and oxygen atoms in total. The van der Waals surface area contributed by atoms with Gasteiger partial charge in [-0.05, 0) is 43.9 Å². The van der Waals surface area contributed by atoms with Crippen molar-refractivity contribution in [3.63, 3.8) is 0 Å². The quantitative estimate of drug-likeness (QED) is 0.0392. The maximum Gasteiger partial charge on any atom is 0.220 e. The van der Waals surface area contributed by atoms with Crippen molar-refractivity contribution in [3.8, 4) is 0 Å². The molecule has 0 aromatic carbocycles. The van der Waals surface area contributed by atoms with Crippen molar-refractivity contribution in [1.82, 2.24) is 5.32 Å². The first-order valence-corrected chi connectivity index (χ1v) is 21.3. The summed E-state index contributed by atoms with van der Waals surface area (Å²) in [5, 5.41) is 63.1. The van der Waals surface area contributed by atoms with Crippen LogP contribution in [0.1, 0.15) is 180 Å². The van der Waals surface area contributed by atoms with Crippen molar-refractivity contribution in [2.75, 3.05) is 13.2 Å². The van der Waals surface area contributed by atoms with Gasteiger partial charge in [0.15, 0.2) is 6.29 Å². The maximum atomic E-state index is 13.6. The van der Waals surface area contributed by atoms with Gasteiger partial charge in [-0.1, -0.05) is 135 Å². The van der Waals surface area contributed by atoms with Crippen LogP contribution in [0, 0.1) is 5.41 Å². The smallest absolute Gasteiger partial charge is 0.220 e. The molecule has 4 fully saturated rings. The SMILES string of the molecule is CC[C@@H](O)[C@@H](O)[C@H](COC1OC(CO)C(O)C(O)C1O)NC(=O)CCCCCCCCCCCCCCCCCCCCCCCC12CC(F)(C1)C2. The van der Waals surface area contributed by atoms with Crippen molar-refractivity contribution < 1.29 is 49.3 Å². The van der Waals surface area contributed by atoms with E-state index < -0.39 is 61.2 Å². The number of halogens is 1. The van der Waals surface area contributed by atoms with Gasteiger partial charge in [0.05, 0.1) is 25.4 Å². The van der Waals surface area contributed by atoms with Crippen LogP contribution in [-0.4, -0.2) is 104 Å². The Hall–Kier alpha value is -0.920. The van der Waals surface area contributed by atoms with E-state index in [1.165, 1.54) is 116 Å². The van der Waals surface area contributed by atoms with Gasteiger partial charge in [-0.3, -0.25) is 4.79 Å². The third-order valence-corrected chi connectivity index (χ3v) is 12.0. The van der Waals surface area contributed by atoms with Crippen molar-refractivity contribution in [3.05, 3.63) is 0 Å². The fraction of sp³-hybridized carbons (Fsp3) is 0.976. The molecule has 1 heterocycles. The zero-order chi connectivity index (χ0) is 37.8. The van der Waals surface area contributed by atoms with E-state index in [9.17, 15) is 39.8 Å². The minimum absolute atomic E-state index is 0.252. The lowest BCUT2D eigenvalue weighted by atomic mass is 9.41. The van der Waals surface area contributed by atoms with Crippen molar-refractivity contribution in [2.24, 2.45) is 5.41 Å². The number of nitrogens with one attached hydrogen (secondary N) is 1.